The molecule has 0 aliphatic rings. The number of aliphatic carboxylic acids is 1. The van der Waals surface area contributed by atoms with Gasteiger partial charge >= 0.3 is 11.7 Å². The quantitative estimate of drug-likeness (QED) is 0.540. The van der Waals surface area contributed by atoms with Crippen LogP contribution in [0.2, 0.25) is 0 Å². The molecule has 1 atom stereocenters. The number of rotatable bonds is 8. The third-order valence-electron chi connectivity index (χ3n) is 2.73. The number of ether oxygens (including phenoxy) is 1. The van der Waals surface area contributed by atoms with Crippen LogP contribution in [0.4, 0.5) is 11.5 Å². The van der Waals surface area contributed by atoms with E-state index in [0.29, 0.717) is 6.54 Å². The Morgan fingerprint density at radius 1 is 1.65 bits per heavy atom. The SMILES string of the molecule is CCCn1nc(C)c([N+](=O)[O-])c1NCC(OC)C(=O)O. The van der Waals surface area contributed by atoms with E-state index in [-0.39, 0.29) is 23.7 Å². The Kier molecular flexibility index (Phi) is 5.44. The monoisotopic (exact) mass is 286 g/mol. The zero-order valence-corrected chi connectivity index (χ0v) is 11.6. The Hall–Kier alpha value is -2.16. The van der Waals surface area contributed by atoms with Gasteiger partial charge in [0.05, 0.1) is 11.5 Å². The zero-order chi connectivity index (χ0) is 15.3. The molecule has 9 nitrogen and oxygen atoms in total. The first-order valence-corrected chi connectivity index (χ1v) is 6.13. The van der Waals surface area contributed by atoms with Gasteiger partial charge in [-0.05, 0) is 13.3 Å². The van der Waals surface area contributed by atoms with Crippen LogP contribution in [-0.4, -0.2) is 45.5 Å². The predicted octanol–water partition coefficient (Wildman–Crippen LogP) is 1.02. The molecule has 0 bridgehead atoms. The summed E-state index contributed by atoms with van der Waals surface area (Å²) < 4.78 is 6.25. The second-order valence-electron chi connectivity index (χ2n) is 4.21. The van der Waals surface area contributed by atoms with Gasteiger partial charge in [-0.15, -0.1) is 0 Å². The lowest BCUT2D eigenvalue weighted by Crippen LogP contribution is -2.31. The van der Waals surface area contributed by atoms with Crippen LogP contribution in [0.25, 0.3) is 0 Å². The molecule has 9 heteroatoms. The number of carbonyl (C=O) groups is 1. The number of hydrogen-bond acceptors (Lipinski definition) is 6. The summed E-state index contributed by atoms with van der Waals surface area (Å²) in [5.74, 6) is -0.932. The Bertz CT molecular complexity index is 499. The van der Waals surface area contributed by atoms with Crippen LogP contribution in [0.3, 0.4) is 0 Å². The highest BCUT2D eigenvalue weighted by Gasteiger charge is 2.26. The first-order valence-electron chi connectivity index (χ1n) is 6.13. The largest absolute Gasteiger partial charge is 0.479 e. The molecule has 112 valence electrons. The lowest BCUT2D eigenvalue weighted by atomic mass is 10.3. The summed E-state index contributed by atoms with van der Waals surface area (Å²) in [6.07, 6.45) is -0.334. The third-order valence-corrected chi connectivity index (χ3v) is 2.73. The van der Waals surface area contributed by atoms with Crippen molar-refractivity contribution < 1.29 is 19.6 Å². The molecule has 0 aliphatic carbocycles. The highest BCUT2D eigenvalue weighted by atomic mass is 16.6. The van der Waals surface area contributed by atoms with E-state index in [9.17, 15) is 14.9 Å². The molecule has 0 saturated heterocycles. The molecular weight excluding hydrogens is 268 g/mol. The first-order chi connectivity index (χ1) is 9.42. The van der Waals surface area contributed by atoms with Crippen LogP contribution in [0.15, 0.2) is 0 Å². The fraction of sp³-hybridized carbons (Fsp3) is 0.636. The lowest BCUT2D eigenvalue weighted by molar-refractivity contribution is -0.384. The number of nitro groups is 1. The zero-order valence-electron chi connectivity index (χ0n) is 11.6. The van der Waals surface area contributed by atoms with Crippen LogP contribution in [-0.2, 0) is 16.1 Å². The minimum absolute atomic E-state index is 0.0818. The van der Waals surface area contributed by atoms with Crippen molar-refractivity contribution in [1.82, 2.24) is 9.78 Å². The van der Waals surface area contributed by atoms with E-state index in [1.807, 2.05) is 6.92 Å². The molecule has 20 heavy (non-hydrogen) atoms. The number of methoxy groups -OCH3 is 1. The number of nitrogens with one attached hydrogen (secondary N) is 1. The van der Waals surface area contributed by atoms with Crippen LogP contribution < -0.4 is 5.32 Å². The summed E-state index contributed by atoms with van der Waals surface area (Å²) in [5.41, 5.74) is 0.147. The Morgan fingerprint density at radius 2 is 2.30 bits per heavy atom. The smallest absolute Gasteiger partial charge is 0.334 e. The van der Waals surface area contributed by atoms with E-state index in [4.69, 9.17) is 9.84 Å². The molecule has 0 spiro atoms. The topological polar surface area (TPSA) is 120 Å². The normalized spacial score (nSPS) is 12.2. The second-order valence-corrected chi connectivity index (χ2v) is 4.21. The van der Waals surface area contributed by atoms with Crippen LogP contribution in [0, 0.1) is 17.0 Å². The summed E-state index contributed by atoms with van der Waals surface area (Å²) in [4.78, 5) is 21.4. The predicted molar refractivity (Wildman–Crippen MR) is 70.8 cm³/mol. The Morgan fingerprint density at radius 3 is 2.75 bits per heavy atom. The van der Waals surface area contributed by atoms with Crippen molar-refractivity contribution in [3.63, 3.8) is 0 Å². The molecule has 0 amide bonds. The number of hydrogen-bond donors (Lipinski definition) is 2. The summed E-state index contributed by atoms with van der Waals surface area (Å²) in [7, 11) is 1.27. The van der Waals surface area contributed by atoms with E-state index < -0.39 is 17.0 Å². The maximum Gasteiger partial charge on any atom is 0.334 e. The molecule has 1 heterocycles. The number of carboxylic acids is 1. The van der Waals surface area contributed by atoms with Crippen molar-refractivity contribution in [2.75, 3.05) is 19.0 Å². The van der Waals surface area contributed by atoms with Gasteiger partial charge in [0.2, 0.25) is 5.82 Å². The van der Waals surface area contributed by atoms with Crippen molar-refractivity contribution in [2.24, 2.45) is 0 Å². The number of aryl methyl sites for hydroxylation is 2. The van der Waals surface area contributed by atoms with Crippen molar-refractivity contribution in [3.8, 4) is 0 Å². The van der Waals surface area contributed by atoms with Crippen molar-refractivity contribution in [1.29, 1.82) is 0 Å². The lowest BCUT2D eigenvalue weighted by Gasteiger charge is -2.13. The van der Waals surface area contributed by atoms with Gasteiger partial charge in [-0.3, -0.25) is 10.1 Å². The van der Waals surface area contributed by atoms with Crippen LogP contribution in [0.1, 0.15) is 19.0 Å². The van der Waals surface area contributed by atoms with Gasteiger partial charge in [0.15, 0.2) is 6.10 Å². The minimum atomic E-state index is -1.14. The molecule has 0 aliphatic heterocycles. The fourth-order valence-electron chi connectivity index (χ4n) is 1.80. The minimum Gasteiger partial charge on any atom is -0.479 e. The fourth-order valence-corrected chi connectivity index (χ4v) is 1.80. The standard InChI is InChI=1S/C11H18N4O5/c1-4-5-14-10(9(15(18)19)7(2)13-14)12-6-8(20-3)11(16)17/h8,12H,4-6H2,1-3H3,(H,16,17). The molecule has 0 aromatic carbocycles. The Labute approximate surface area is 115 Å². The van der Waals surface area contributed by atoms with E-state index in [1.165, 1.54) is 11.8 Å². The molecule has 1 aromatic heterocycles. The van der Waals surface area contributed by atoms with Crippen molar-refractivity contribution in [2.45, 2.75) is 32.9 Å². The van der Waals surface area contributed by atoms with E-state index >= 15 is 0 Å². The number of anilines is 1. The molecule has 1 rings (SSSR count). The average Bonchev–Trinajstić information content (AvgIpc) is 2.66. The summed E-state index contributed by atoms with van der Waals surface area (Å²) in [5, 5.41) is 26.8. The maximum atomic E-state index is 11.1. The molecule has 0 saturated carbocycles. The van der Waals surface area contributed by atoms with Gasteiger partial charge in [0.25, 0.3) is 0 Å². The summed E-state index contributed by atoms with van der Waals surface area (Å²) in [6.45, 7) is 3.88. The van der Waals surface area contributed by atoms with Crippen molar-refractivity contribution in [3.05, 3.63) is 15.8 Å². The summed E-state index contributed by atoms with van der Waals surface area (Å²) in [6, 6.07) is 0. The first kappa shape index (κ1) is 15.9. The van der Waals surface area contributed by atoms with Gasteiger partial charge < -0.3 is 15.2 Å². The van der Waals surface area contributed by atoms with Gasteiger partial charge in [-0.1, -0.05) is 6.92 Å². The molecule has 2 N–H and O–H groups in total. The van der Waals surface area contributed by atoms with Gasteiger partial charge in [-0.2, -0.15) is 5.10 Å². The van der Waals surface area contributed by atoms with Gasteiger partial charge in [0, 0.05) is 13.7 Å². The molecule has 1 aromatic rings. The van der Waals surface area contributed by atoms with Crippen LogP contribution >= 0.6 is 0 Å². The molecule has 1 unspecified atom stereocenters. The van der Waals surface area contributed by atoms with E-state index in [2.05, 4.69) is 10.4 Å². The molecule has 0 radical (unpaired) electrons. The molecular formula is C11H18N4O5. The van der Waals surface area contributed by atoms with E-state index in [1.54, 1.807) is 6.92 Å². The van der Waals surface area contributed by atoms with Crippen LogP contribution in [0.5, 0.6) is 0 Å². The van der Waals surface area contributed by atoms with Gasteiger partial charge in [-0.25, -0.2) is 9.48 Å². The number of carboxylic acid groups (broad SMARTS) is 1. The van der Waals surface area contributed by atoms with Crippen molar-refractivity contribution >= 4 is 17.5 Å². The summed E-state index contributed by atoms with van der Waals surface area (Å²) >= 11 is 0. The Balaban J connectivity index is 3.01. The maximum absolute atomic E-state index is 11.1. The van der Waals surface area contributed by atoms with Gasteiger partial charge in [0.1, 0.15) is 5.69 Å². The molecule has 0 fully saturated rings. The second kappa shape index (κ2) is 6.85. The average molecular weight is 286 g/mol. The van der Waals surface area contributed by atoms with E-state index in [0.717, 1.165) is 6.42 Å². The third kappa shape index (κ3) is 3.44. The number of aromatic nitrogens is 2. The highest BCUT2D eigenvalue weighted by molar-refractivity contribution is 5.73. The number of nitrogens with zero attached hydrogens (tertiary/aromatic N) is 3. The highest BCUT2D eigenvalue weighted by Crippen LogP contribution is 2.28.